The molecule has 1 unspecified atom stereocenters. The van der Waals surface area contributed by atoms with Gasteiger partial charge in [0.25, 0.3) is 0 Å². The topological polar surface area (TPSA) is 0 Å². The molecule has 1 aliphatic heterocycles. The Kier molecular flexibility index (Phi) is 2.75. The Morgan fingerprint density at radius 1 is 1.25 bits per heavy atom. The van der Waals surface area contributed by atoms with E-state index in [2.05, 4.69) is 29.2 Å². The van der Waals surface area contributed by atoms with Gasteiger partial charge in [-0.15, -0.1) is 0 Å². The second-order valence-corrected chi connectivity index (χ2v) is 6.48. The van der Waals surface area contributed by atoms with Gasteiger partial charge in [-0.25, -0.2) is 0 Å². The normalized spacial score (nSPS) is 33.9. The zero-order chi connectivity index (χ0) is 8.44. The highest BCUT2D eigenvalue weighted by molar-refractivity contribution is 8.78. The monoisotopic (exact) mass is 200 g/mol. The molecule has 0 saturated heterocycles. The van der Waals surface area contributed by atoms with Gasteiger partial charge < -0.3 is 0 Å². The van der Waals surface area contributed by atoms with Gasteiger partial charge in [0.05, 0.1) is 0 Å². The fourth-order valence-corrected chi connectivity index (χ4v) is 4.97. The van der Waals surface area contributed by atoms with Crippen LogP contribution in [0.3, 0.4) is 0 Å². The summed E-state index contributed by atoms with van der Waals surface area (Å²) in [5.41, 5.74) is 0.614. The van der Waals surface area contributed by atoms with Crippen LogP contribution in [0.15, 0.2) is 11.5 Å². The third-order valence-electron chi connectivity index (χ3n) is 3.15. The predicted molar refractivity (Wildman–Crippen MR) is 59.3 cm³/mol. The van der Waals surface area contributed by atoms with E-state index in [9.17, 15) is 0 Å². The molecule has 0 aromatic heterocycles. The lowest BCUT2D eigenvalue weighted by molar-refractivity contribution is 0.227. The maximum atomic E-state index is 2.47. The molecule has 0 nitrogen and oxygen atoms in total. The standard InChI is InChI=1S/C10H16S2/c1-10(6-3-2-4-7-10)9-5-8-11-12-9/h5,8-9H,2-4,6-7H2,1H3. The van der Waals surface area contributed by atoms with E-state index in [-0.39, 0.29) is 0 Å². The van der Waals surface area contributed by atoms with E-state index >= 15 is 0 Å². The van der Waals surface area contributed by atoms with Crippen molar-refractivity contribution in [2.45, 2.75) is 44.3 Å². The molecule has 0 radical (unpaired) electrons. The molecule has 1 atom stereocenters. The van der Waals surface area contributed by atoms with E-state index in [0.717, 1.165) is 5.25 Å². The molecule has 0 aromatic rings. The van der Waals surface area contributed by atoms with Crippen molar-refractivity contribution in [3.05, 3.63) is 11.5 Å². The van der Waals surface area contributed by atoms with Crippen molar-refractivity contribution >= 4 is 21.6 Å². The maximum absolute atomic E-state index is 2.47. The summed E-state index contributed by atoms with van der Waals surface area (Å²) < 4.78 is 0. The highest BCUT2D eigenvalue weighted by Crippen LogP contribution is 2.50. The Balaban J connectivity index is 2.02. The number of rotatable bonds is 1. The average Bonchev–Trinajstić information content (AvgIpc) is 2.58. The van der Waals surface area contributed by atoms with Crippen LogP contribution in [-0.4, -0.2) is 5.25 Å². The van der Waals surface area contributed by atoms with E-state index in [0.29, 0.717) is 5.41 Å². The van der Waals surface area contributed by atoms with Crippen LogP contribution in [0.2, 0.25) is 0 Å². The molecule has 2 aliphatic rings. The molecule has 1 aliphatic carbocycles. The molecule has 12 heavy (non-hydrogen) atoms. The Bertz CT molecular complexity index is 180. The Morgan fingerprint density at radius 3 is 2.58 bits per heavy atom. The van der Waals surface area contributed by atoms with E-state index in [4.69, 9.17) is 0 Å². The van der Waals surface area contributed by atoms with Crippen LogP contribution in [0.4, 0.5) is 0 Å². The first kappa shape index (κ1) is 9.01. The van der Waals surface area contributed by atoms with Gasteiger partial charge in [0.2, 0.25) is 0 Å². The predicted octanol–water partition coefficient (Wildman–Crippen LogP) is 4.23. The van der Waals surface area contributed by atoms with Gasteiger partial charge in [-0.3, -0.25) is 0 Å². The van der Waals surface area contributed by atoms with Crippen molar-refractivity contribution in [3.8, 4) is 0 Å². The lowest BCUT2D eigenvalue weighted by Crippen LogP contribution is -2.29. The number of hydrogen-bond donors (Lipinski definition) is 0. The summed E-state index contributed by atoms with van der Waals surface area (Å²) in [5, 5.41) is 3.05. The molecule has 68 valence electrons. The first-order valence-electron chi connectivity index (χ1n) is 4.80. The minimum atomic E-state index is 0.614. The third-order valence-corrected chi connectivity index (χ3v) is 5.75. The van der Waals surface area contributed by atoms with Crippen molar-refractivity contribution in [2.75, 3.05) is 0 Å². The zero-order valence-electron chi connectivity index (χ0n) is 7.58. The Labute approximate surface area is 83.0 Å². The van der Waals surface area contributed by atoms with Crippen LogP contribution in [0.1, 0.15) is 39.0 Å². The summed E-state index contributed by atoms with van der Waals surface area (Å²) in [6, 6.07) is 0. The number of hydrogen-bond acceptors (Lipinski definition) is 2. The Morgan fingerprint density at radius 2 is 2.00 bits per heavy atom. The highest BCUT2D eigenvalue weighted by atomic mass is 33.1. The molecule has 2 rings (SSSR count). The average molecular weight is 200 g/mol. The summed E-state index contributed by atoms with van der Waals surface area (Å²) in [6.45, 7) is 2.47. The molecule has 0 bridgehead atoms. The lowest BCUT2D eigenvalue weighted by Gasteiger charge is -2.37. The van der Waals surface area contributed by atoms with Crippen LogP contribution >= 0.6 is 21.6 Å². The van der Waals surface area contributed by atoms with Crippen LogP contribution < -0.4 is 0 Å². The first-order valence-corrected chi connectivity index (χ1v) is 7.08. The van der Waals surface area contributed by atoms with Gasteiger partial charge in [0.1, 0.15) is 0 Å². The quantitative estimate of drug-likeness (QED) is 0.581. The third kappa shape index (κ3) is 1.69. The van der Waals surface area contributed by atoms with Gasteiger partial charge in [-0.05, 0) is 23.7 Å². The largest absolute Gasteiger partial charge is 0.0813 e. The second-order valence-electron chi connectivity index (χ2n) is 4.16. The second kappa shape index (κ2) is 3.67. The minimum absolute atomic E-state index is 0.614. The van der Waals surface area contributed by atoms with Crippen LogP contribution in [0, 0.1) is 5.41 Å². The Hall–Kier alpha value is 0.440. The summed E-state index contributed by atoms with van der Waals surface area (Å²) in [5.74, 6) is 0. The molecule has 0 aromatic carbocycles. The molecule has 1 saturated carbocycles. The zero-order valence-corrected chi connectivity index (χ0v) is 9.22. The maximum Gasteiger partial charge on any atom is 0.0396 e. The fraction of sp³-hybridized carbons (Fsp3) is 0.800. The molecule has 1 heterocycles. The van der Waals surface area contributed by atoms with Crippen molar-refractivity contribution < 1.29 is 0 Å². The van der Waals surface area contributed by atoms with E-state index < -0.39 is 0 Å². The summed E-state index contributed by atoms with van der Waals surface area (Å²) in [4.78, 5) is 0. The minimum Gasteiger partial charge on any atom is -0.0813 e. The van der Waals surface area contributed by atoms with Crippen LogP contribution in [-0.2, 0) is 0 Å². The van der Waals surface area contributed by atoms with Gasteiger partial charge in [-0.1, -0.05) is 53.9 Å². The lowest BCUT2D eigenvalue weighted by atomic mass is 9.73. The molecular formula is C10H16S2. The van der Waals surface area contributed by atoms with Crippen LogP contribution in [0.25, 0.3) is 0 Å². The van der Waals surface area contributed by atoms with E-state index in [1.807, 2.05) is 10.8 Å². The van der Waals surface area contributed by atoms with Gasteiger partial charge in [-0.2, -0.15) is 0 Å². The summed E-state index contributed by atoms with van der Waals surface area (Å²) in [7, 11) is 3.96. The molecule has 0 amide bonds. The summed E-state index contributed by atoms with van der Waals surface area (Å²) in [6.07, 6.45) is 9.65. The van der Waals surface area contributed by atoms with Crippen molar-refractivity contribution in [2.24, 2.45) is 5.41 Å². The molecule has 0 spiro atoms. The molecule has 2 heteroatoms. The smallest absolute Gasteiger partial charge is 0.0396 e. The van der Waals surface area contributed by atoms with E-state index in [1.165, 1.54) is 32.1 Å². The van der Waals surface area contributed by atoms with Gasteiger partial charge in [0.15, 0.2) is 0 Å². The van der Waals surface area contributed by atoms with Crippen LogP contribution in [0.5, 0.6) is 0 Å². The molecule has 1 fully saturated rings. The van der Waals surface area contributed by atoms with Gasteiger partial charge in [0, 0.05) is 5.25 Å². The summed E-state index contributed by atoms with van der Waals surface area (Å²) >= 11 is 0. The van der Waals surface area contributed by atoms with Gasteiger partial charge >= 0.3 is 0 Å². The van der Waals surface area contributed by atoms with Crippen molar-refractivity contribution in [3.63, 3.8) is 0 Å². The SMILES string of the molecule is CC1(C2C=CSS2)CCCCC1. The first-order chi connectivity index (χ1) is 5.81. The molecular weight excluding hydrogens is 184 g/mol. The fourth-order valence-electron chi connectivity index (χ4n) is 2.22. The van der Waals surface area contributed by atoms with Crippen molar-refractivity contribution in [1.29, 1.82) is 0 Å². The highest BCUT2D eigenvalue weighted by Gasteiger charge is 2.35. The van der Waals surface area contributed by atoms with Crippen molar-refractivity contribution in [1.82, 2.24) is 0 Å². The van der Waals surface area contributed by atoms with E-state index in [1.54, 1.807) is 0 Å². The molecule has 0 N–H and O–H groups in total.